The summed E-state index contributed by atoms with van der Waals surface area (Å²) in [6.45, 7) is 1.63. The Balaban J connectivity index is 2.37. The summed E-state index contributed by atoms with van der Waals surface area (Å²) in [5.74, 6) is -0.926. The molecule has 0 saturated heterocycles. The monoisotopic (exact) mass is 280 g/mol. The fraction of sp³-hybridized carbons (Fsp3) is 0.0769. The average molecular weight is 281 g/mol. The summed E-state index contributed by atoms with van der Waals surface area (Å²) in [5, 5.41) is 0.260. The zero-order valence-corrected chi connectivity index (χ0v) is 10.7. The lowest BCUT2D eigenvalue weighted by Crippen LogP contribution is -2.13. The van der Waals surface area contributed by atoms with E-state index in [1.54, 1.807) is 19.1 Å². The first-order chi connectivity index (χ1) is 8.97. The molecule has 0 unspecified atom stereocenters. The first-order valence-corrected chi connectivity index (χ1v) is 5.74. The van der Waals surface area contributed by atoms with Crippen LogP contribution in [-0.4, -0.2) is 10.9 Å². The van der Waals surface area contributed by atoms with Crippen molar-refractivity contribution < 1.29 is 13.9 Å². The van der Waals surface area contributed by atoms with E-state index >= 15 is 0 Å². The van der Waals surface area contributed by atoms with Crippen LogP contribution in [0, 0.1) is 12.7 Å². The molecule has 6 heteroatoms. The first kappa shape index (κ1) is 13.3. The number of nitrogens with zero attached hydrogens (tertiary/aromatic N) is 1. The Morgan fingerprint density at radius 3 is 2.79 bits per heavy atom. The molecule has 0 aliphatic carbocycles. The molecule has 4 nitrogen and oxygen atoms in total. The van der Waals surface area contributed by atoms with Gasteiger partial charge in [0.25, 0.3) is 5.91 Å². The second-order valence-corrected chi connectivity index (χ2v) is 4.32. The average Bonchev–Trinajstić information content (AvgIpc) is 2.36. The van der Waals surface area contributed by atoms with Crippen molar-refractivity contribution in [3.63, 3.8) is 0 Å². The van der Waals surface area contributed by atoms with E-state index in [1.807, 2.05) is 0 Å². The van der Waals surface area contributed by atoms with Crippen molar-refractivity contribution in [1.82, 2.24) is 4.98 Å². The van der Waals surface area contributed by atoms with Gasteiger partial charge in [0.2, 0.25) is 5.88 Å². The summed E-state index contributed by atoms with van der Waals surface area (Å²) in [7, 11) is 0. The molecule has 2 aromatic rings. The number of nitrogens with two attached hydrogens (primary N) is 1. The summed E-state index contributed by atoms with van der Waals surface area (Å²) < 4.78 is 18.7. The topological polar surface area (TPSA) is 65.2 Å². The SMILES string of the molecule is Cc1ccc(Oc2ncc(Cl)cc2C(N)=O)cc1F. The third-order valence-electron chi connectivity index (χ3n) is 2.44. The van der Waals surface area contributed by atoms with Gasteiger partial charge >= 0.3 is 0 Å². The van der Waals surface area contributed by atoms with Crippen molar-refractivity contribution in [1.29, 1.82) is 0 Å². The molecule has 0 atom stereocenters. The number of aryl methyl sites for hydroxylation is 1. The van der Waals surface area contributed by atoms with Crippen molar-refractivity contribution in [3.05, 3.63) is 52.4 Å². The number of pyridine rings is 1. The van der Waals surface area contributed by atoms with Gasteiger partial charge in [-0.05, 0) is 24.6 Å². The quantitative estimate of drug-likeness (QED) is 0.939. The lowest BCUT2D eigenvalue weighted by Gasteiger charge is -2.08. The molecular weight excluding hydrogens is 271 g/mol. The van der Waals surface area contributed by atoms with E-state index in [-0.39, 0.29) is 22.2 Å². The molecule has 0 saturated carbocycles. The third-order valence-corrected chi connectivity index (χ3v) is 2.65. The van der Waals surface area contributed by atoms with Gasteiger partial charge in [0.15, 0.2) is 0 Å². The summed E-state index contributed by atoms with van der Waals surface area (Å²) >= 11 is 5.72. The maximum atomic E-state index is 13.4. The largest absolute Gasteiger partial charge is 0.438 e. The highest BCUT2D eigenvalue weighted by Crippen LogP contribution is 2.26. The third kappa shape index (κ3) is 3.00. The number of carbonyl (C=O) groups excluding carboxylic acids is 1. The number of rotatable bonds is 3. The van der Waals surface area contributed by atoms with E-state index in [2.05, 4.69) is 4.98 Å². The van der Waals surface area contributed by atoms with Gasteiger partial charge < -0.3 is 10.5 Å². The molecule has 1 amide bonds. The van der Waals surface area contributed by atoms with Gasteiger partial charge in [0.05, 0.1) is 5.02 Å². The number of amides is 1. The summed E-state index contributed by atoms with van der Waals surface area (Å²) in [4.78, 5) is 15.1. The molecule has 1 aromatic heterocycles. The fourth-order valence-corrected chi connectivity index (χ4v) is 1.59. The van der Waals surface area contributed by atoms with Gasteiger partial charge in [0, 0.05) is 12.3 Å². The Kier molecular flexibility index (Phi) is 3.66. The smallest absolute Gasteiger partial charge is 0.254 e. The lowest BCUT2D eigenvalue weighted by molar-refractivity contribution is 0.0997. The maximum absolute atomic E-state index is 13.4. The van der Waals surface area contributed by atoms with Gasteiger partial charge in [-0.3, -0.25) is 4.79 Å². The number of hydrogen-bond acceptors (Lipinski definition) is 3. The fourth-order valence-electron chi connectivity index (χ4n) is 1.43. The minimum atomic E-state index is -0.724. The van der Waals surface area contributed by atoms with Crippen LogP contribution in [0.3, 0.4) is 0 Å². The summed E-state index contributed by atoms with van der Waals surface area (Å²) in [6.07, 6.45) is 1.31. The van der Waals surface area contributed by atoms with Crippen molar-refractivity contribution in [2.24, 2.45) is 5.73 Å². The predicted octanol–water partition coefficient (Wildman–Crippen LogP) is 3.07. The highest BCUT2D eigenvalue weighted by molar-refractivity contribution is 6.30. The minimum absolute atomic E-state index is 0.0137. The number of carbonyl (C=O) groups is 1. The Morgan fingerprint density at radius 1 is 1.42 bits per heavy atom. The van der Waals surface area contributed by atoms with Crippen LogP contribution in [0.1, 0.15) is 15.9 Å². The van der Waals surface area contributed by atoms with Crippen LogP contribution in [0.4, 0.5) is 4.39 Å². The van der Waals surface area contributed by atoms with Gasteiger partial charge in [-0.1, -0.05) is 17.7 Å². The van der Waals surface area contributed by atoms with E-state index in [0.717, 1.165) is 0 Å². The zero-order valence-electron chi connectivity index (χ0n) is 9.98. The molecule has 0 spiro atoms. The Labute approximate surface area is 114 Å². The number of primary amides is 1. The molecule has 98 valence electrons. The summed E-state index contributed by atoms with van der Waals surface area (Å²) in [6, 6.07) is 5.68. The molecule has 2 rings (SSSR count). The van der Waals surface area contributed by atoms with Crippen molar-refractivity contribution in [2.45, 2.75) is 6.92 Å². The molecule has 1 aromatic carbocycles. The van der Waals surface area contributed by atoms with Crippen molar-refractivity contribution in [2.75, 3.05) is 0 Å². The Bertz CT molecular complexity index is 647. The van der Waals surface area contributed by atoms with E-state index in [9.17, 15) is 9.18 Å². The van der Waals surface area contributed by atoms with Crippen LogP contribution in [0.2, 0.25) is 5.02 Å². The molecule has 0 bridgehead atoms. The maximum Gasteiger partial charge on any atom is 0.254 e. The van der Waals surface area contributed by atoms with Crippen LogP contribution < -0.4 is 10.5 Å². The van der Waals surface area contributed by atoms with E-state index in [4.69, 9.17) is 22.1 Å². The van der Waals surface area contributed by atoms with E-state index in [1.165, 1.54) is 18.3 Å². The van der Waals surface area contributed by atoms with Crippen LogP contribution in [-0.2, 0) is 0 Å². The molecule has 0 aliphatic rings. The molecule has 0 aliphatic heterocycles. The first-order valence-electron chi connectivity index (χ1n) is 5.36. The molecule has 19 heavy (non-hydrogen) atoms. The number of ether oxygens (including phenoxy) is 1. The lowest BCUT2D eigenvalue weighted by atomic mass is 10.2. The molecule has 1 heterocycles. The van der Waals surface area contributed by atoms with Gasteiger partial charge in [-0.25, -0.2) is 9.37 Å². The second kappa shape index (κ2) is 5.24. The highest BCUT2D eigenvalue weighted by atomic mass is 35.5. The Hall–Kier alpha value is -2.14. The molecule has 2 N–H and O–H groups in total. The van der Waals surface area contributed by atoms with Crippen LogP contribution in [0.25, 0.3) is 0 Å². The number of aromatic nitrogens is 1. The van der Waals surface area contributed by atoms with E-state index < -0.39 is 11.7 Å². The normalized spacial score (nSPS) is 10.3. The number of benzene rings is 1. The van der Waals surface area contributed by atoms with E-state index in [0.29, 0.717) is 5.56 Å². The number of hydrogen-bond donors (Lipinski definition) is 1. The van der Waals surface area contributed by atoms with Gasteiger partial charge in [-0.15, -0.1) is 0 Å². The predicted molar refractivity (Wildman–Crippen MR) is 69.0 cm³/mol. The zero-order chi connectivity index (χ0) is 14.0. The van der Waals surface area contributed by atoms with Crippen LogP contribution >= 0.6 is 11.6 Å². The van der Waals surface area contributed by atoms with Gasteiger partial charge in [-0.2, -0.15) is 0 Å². The van der Waals surface area contributed by atoms with Gasteiger partial charge in [0.1, 0.15) is 17.1 Å². The number of halogens is 2. The van der Waals surface area contributed by atoms with Crippen molar-refractivity contribution >= 4 is 17.5 Å². The standard InChI is InChI=1S/C13H10ClFN2O2/c1-7-2-3-9(5-11(7)15)19-13-10(12(16)18)4-8(14)6-17-13/h2-6H,1H3,(H2,16,18). The minimum Gasteiger partial charge on any atom is -0.438 e. The Morgan fingerprint density at radius 2 is 2.16 bits per heavy atom. The highest BCUT2D eigenvalue weighted by Gasteiger charge is 2.13. The van der Waals surface area contributed by atoms with Crippen molar-refractivity contribution in [3.8, 4) is 11.6 Å². The summed E-state index contributed by atoms with van der Waals surface area (Å²) in [5.41, 5.74) is 5.73. The second-order valence-electron chi connectivity index (χ2n) is 3.88. The molecule has 0 fully saturated rings. The molecular formula is C13H10ClFN2O2. The molecule has 0 radical (unpaired) electrons. The van der Waals surface area contributed by atoms with Crippen LogP contribution in [0.5, 0.6) is 11.6 Å². The van der Waals surface area contributed by atoms with Crippen LogP contribution in [0.15, 0.2) is 30.5 Å².